The Balaban J connectivity index is 1.34. The van der Waals surface area contributed by atoms with Crippen molar-refractivity contribution < 1.29 is 43.2 Å². The van der Waals surface area contributed by atoms with Crippen LogP contribution >= 0.6 is 11.3 Å². The first-order valence-electron chi connectivity index (χ1n) is 22.3. The number of nitrogens with zero attached hydrogens (tertiary/aromatic N) is 3. The number of amides is 1. The number of Topliss-reactive ketones (excluding diaryl/α,β-unsaturated/α-hetero) is 1. The van der Waals surface area contributed by atoms with Crippen molar-refractivity contribution in [2.75, 3.05) is 33.8 Å². The summed E-state index contributed by atoms with van der Waals surface area (Å²) < 4.78 is 32.4. The number of ketones is 1. The summed E-state index contributed by atoms with van der Waals surface area (Å²) in [6.45, 7) is 19.2. The molecule has 3 saturated heterocycles. The van der Waals surface area contributed by atoms with Crippen molar-refractivity contribution in [2.24, 2.45) is 28.7 Å². The van der Waals surface area contributed by atoms with E-state index in [1.165, 1.54) is 11.1 Å². The first-order valence-corrected chi connectivity index (χ1v) is 23.1. The molecule has 1 aromatic heterocycles. The number of esters is 1. The SMILES string of the molecule is CC[C@H]1OC(=O)[C@H](C)C(=O)[C@H](C)[C@@H](O[C@@H]2O[C@H](C)C[C@H](N(C)C)[C@H]2O)[C@@](C)(OCC#Cc2ccc(CNCc3ccc(C)cc3)s2)C[C@@H](C)C2=NCCN3C(=O)O[C@@]1(C)[C@H]3[C@H]2C. The van der Waals surface area contributed by atoms with Crippen LogP contribution < -0.4 is 5.32 Å². The standard InChI is InChI=1S/C48H68N4O9S/c1-12-38-48(9)42-31(5)39(50-21-22-52(42)46(56)61-48)29(3)25-47(8,57-23-13-14-35-19-20-36(62-35)27-49-26-34-17-15-28(2)16-18-34)43(32(6)40(53)33(7)44(55)59-38)60-45-41(54)37(51(10)11)24-30(4)58-45/h15-20,29-33,37-38,41-43,45,49,54H,12,21-27H2,1-11H3/t29-,30-,31+,32+,33-,37+,38-,41-,42-,43-,45+,47+,48-/m1/s1. The van der Waals surface area contributed by atoms with Crippen molar-refractivity contribution in [1.29, 1.82) is 0 Å². The minimum atomic E-state index is -1.24. The topological polar surface area (TPSA) is 148 Å². The fourth-order valence-corrected chi connectivity index (χ4v) is 11.0. The van der Waals surface area contributed by atoms with E-state index >= 15 is 0 Å². The number of aryl methyl sites for hydroxylation is 1. The van der Waals surface area contributed by atoms with Crippen LogP contribution in [0.5, 0.6) is 0 Å². The van der Waals surface area contributed by atoms with E-state index in [4.69, 9.17) is 28.7 Å². The molecule has 4 aliphatic heterocycles. The van der Waals surface area contributed by atoms with E-state index in [1.807, 2.05) is 59.7 Å². The summed E-state index contributed by atoms with van der Waals surface area (Å²) >= 11 is 1.61. The Labute approximate surface area is 372 Å². The van der Waals surface area contributed by atoms with Gasteiger partial charge in [0.15, 0.2) is 17.7 Å². The van der Waals surface area contributed by atoms with Gasteiger partial charge in [-0.25, -0.2) is 4.79 Å². The predicted molar refractivity (Wildman–Crippen MR) is 239 cm³/mol. The lowest BCUT2D eigenvalue weighted by Crippen LogP contribution is -2.60. The molecule has 0 aliphatic carbocycles. The van der Waals surface area contributed by atoms with Gasteiger partial charge < -0.3 is 39.0 Å². The van der Waals surface area contributed by atoms with E-state index in [9.17, 15) is 19.5 Å². The summed E-state index contributed by atoms with van der Waals surface area (Å²) in [4.78, 5) is 53.0. The van der Waals surface area contributed by atoms with Gasteiger partial charge in [0, 0.05) is 48.1 Å². The number of likely N-dealkylation sites (N-methyl/N-ethyl adjacent to an activating group) is 1. The van der Waals surface area contributed by atoms with Gasteiger partial charge in [-0.1, -0.05) is 69.4 Å². The van der Waals surface area contributed by atoms with Gasteiger partial charge in [0.05, 0.1) is 35.3 Å². The highest BCUT2D eigenvalue weighted by atomic mass is 32.1. The zero-order valence-corrected chi connectivity index (χ0v) is 39.3. The predicted octanol–water partition coefficient (Wildman–Crippen LogP) is 6.16. The third-order valence-electron chi connectivity index (χ3n) is 13.5. The Morgan fingerprint density at radius 1 is 1.03 bits per heavy atom. The zero-order valence-electron chi connectivity index (χ0n) is 38.4. The van der Waals surface area contributed by atoms with Crippen molar-refractivity contribution >= 4 is 34.9 Å². The molecule has 5 heterocycles. The van der Waals surface area contributed by atoms with Crippen LogP contribution in [0.15, 0.2) is 41.4 Å². The third-order valence-corrected chi connectivity index (χ3v) is 14.5. The Kier molecular flexibility index (Phi) is 15.4. The number of thiophene rings is 1. The molecule has 6 rings (SSSR count). The lowest BCUT2D eigenvalue weighted by Gasteiger charge is -2.47. The van der Waals surface area contributed by atoms with Crippen molar-refractivity contribution in [3.05, 3.63) is 57.3 Å². The Hall–Kier alpha value is -3.68. The van der Waals surface area contributed by atoms with Crippen molar-refractivity contribution in [2.45, 2.75) is 149 Å². The highest BCUT2D eigenvalue weighted by molar-refractivity contribution is 7.12. The van der Waals surface area contributed by atoms with Gasteiger partial charge in [-0.2, -0.15) is 0 Å². The number of aliphatic imine (C=N–C) groups is 1. The lowest BCUT2D eigenvalue weighted by molar-refractivity contribution is -0.296. The number of fused-ring (bicyclic) bond motifs is 1. The molecule has 3 fully saturated rings. The molecule has 13 nitrogen and oxygen atoms in total. The molecule has 340 valence electrons. The number of cyclic esters (lactones) is 1. The minimum Gasteiger partial charge on any atom is -0.458 e. The van der Waals surface area contributed by atoms with Gasteiger partial charge in [0.2, 0.25) is 0 Å². The number of carbonyl (C=O) groups excluding carboxylic acids is 3. The molecule has 4 aliphatic rings. The van der Waals surface area contributed by atoms with Gasteiger partial charge in [0.1, 0.15) is 24.7 Å². The summed E-state index contributed by atoms with van der Waals surface area (Å²) in [5, 5.41) is 15.2. The van der Waals surface area contributed by atoms with Crippen LogP contribution in [0.25, 0.3) is 0 Å². The number of hydrogen-bond donors (Lipinski definition) is 2. The van der Waals surface area contributed by atoms with Gasteiger partial charge >= 0.3 is 12.1 Å². The summed E-state index contributed by atoms with van der Waals surface area (Å²) in [6.07, 6.45) is -3.41. The maximum absolute atomic E-state index is 14.6. The molecule has 0 radical (unpaired) electrons. The van der Waals surface area contributed by atoms with Crippen molar-refractivity contribution in [3.63, 3.8) is 0 Å². The Morgan fingerprint density at radius 3 is 2.45 bits per heavy atom. The van der Waals surface area contributed by atoms with Crippen LogP contribution in [0.3, 0.4) is 0 Å². The molecule has 13 atom stereocenters. The normalized spacial score (nSPS) is 35.6. The summed E-state index contributed by atoms with van der Waals surface area (Å²) in [6, 6.07) is 11.8. The van der Waals surface area contributed by atoms with Crippen LogP contribution in [0.4, 0.5) is 4.79 Å². The number of aliphatic hydroxyl groups is 1. The van der Waals surface area contributed by atoms with Gasteiger partial charge in [0.25, 0.3) is 0 Å². The number of rotatable bonds is 10. The number of ether oxygens (including phenoxy) is 5. The molecule has 0 spiro atoms. The van der Waals surface area contributed by atoms with E-state index in [-0.39, 0.29) is 30.6 Å². The molecule has 2 aromatic rings. The fraction of sp³-hybridized carbons (Fsp3) is 0.667. The van der Waals surface area contributed by atoms with Gasteiger partial charge in [-0.3, -0.25) is 19.5 Å². The molecule has 14 heteroatoms. The molecule has 1 amide bonds. The van der Waals surface area contributed by atoms with Crippen LogP contribution in [-0.2, 0) is 46.4 Å². The lowest BCUT2D eigenvalue weighted by atomic mass is 9.73. The first-order chi connectivity index (χ1) is 29.4. The van der Waals surface area contributed by atoms with E-state index in [0.29, 0.717) is 38.9 Å². The maximum atomic E-state index is 14.6. The summed E-state index contributed by atoms with van der Waals surface area (Å²) in [5.41, 5.74) is 0.892. The quantitative estimate of drug-likeness (QED) is 0.161. The average molecular weight is 877 g/mol. The minimum absolute atomic E-state index is 0.00230. The molecule has 0 unspecified atom stereocenters. The largest absolute Gasteiger partial charge is 0.458 e. The van der Waals surface area contributed by atoms with E-state index in [1.54, 1.807) is 30.1 Å². The van der Waals surface area contributed by atoms with E-state index < -0.39 is 71.5 Å². The molecule has 1 aromatic carbocycles. The Morgan fingerprint density at radius 2 is 1.76 bits per heavy atom. The molecular formula is C48H68N4O9S. The van der Waals surface area contributed by atoms with Crippen LogP contribution in [0, 0.1) is 42.4 Å². The van der Waals surface area contributed by atoms with E-state index in [2.05, 4.69) is 61.3 Å². The monoisotopic (exact) mass is 876 g/mol. The highest BCUT2D eigenvalue weighted by Crippen LogP contribution is 2.44. The maximum Gasteiger partial charge on any atom is 0.410 e. The average Bonchev–Trinajstić information content (AvgIpc) is 3.72. The highest BCUT2D eigenvalue weighted by Gasteiger charge is 2.60. The van der Waals surface area contributed by atoms with Crippen molar-refractivity contribution in [3.8, 4) is 11.8 Å². The zero-order chi connectivity index (χ0) is 45.1. The Bertz CT molecular complexity index is 1990. The number of aliphatic hydroxyl groups excluding tert-OH is 1. The molecule has 2 N–H and O–H groups in total. The summed E-state index contributed by atoms with van der Waals surface area (Å²) in [7, 11) is 3.81. The van der Waals surface area contributed by atoms with Crippen LogP contribution in [-0.4, -0.2) is 126 Å². The second-order valence-electron chi connectivity index (χ2n) is 18.5. The number of carbonyl (C=O) groups is 3. The molecule has 0 saturated carbocycles. The first kappa shape index (κ1) is 47.8. The molecule has 2 bridgehead atoms. The van der Waals surface area contributed by atoms with Crippen LogP contribution in [0.1, 0.15) is 95.5 Å². The van der Waals surface area contributed by atoms with E-state index in [0.717, 1.165) is 22.0 Å². The second-order valence-corrected chi connectivity index (χ2v) is 19.7. The molecule has 62 heavy (non-hydrogen) atoms. The fourth-order valence-electron chi connectivity index (χ4n) is 10.1. The van der Waals surface area contributed by atoms with Gasteiger partial charge in [-0.15, -0.1) is 11.3 Å². The van der Waals surface area contributed by atoms with Gasteiger partial charge in [-0.05, 0) is 91.6 Å². The number of benzene rings is 1. The van der Waals surface area contributed by atoms with Crippen LogP contribution in [0.2, 0.25) is 0 Å². The number of nitrogens with one attached hydrogen (secondary N) is 1. The third kappa shape index (κ3) is 10.3. The smallest absolute Gasteiger partial charge is 0.410 e. The number of hydrogen-bond acceptors (Lipinski definition) is 13. The second kappa shape index (κ2) is 20.0. The van der Waals surface area contributed by atoms with Crippen molar-refractivity contribution in [1.82, 2.24) is 15.1 Å². The summed E-state index contributed by atoms with van der Waals surface area (Å²) in [5.74, 6) is 2.72. The molecular weight excluding hydrogens is 809 g/mol.